The zero-order valence-electron chi connectivity index (χ0n) is 21.0. The molecule has 0 fully saturated rings. The molecule has 166 valence electrons. The van der Waals surface area contributed by atoms with Gasteiger partial charge in [0.1, 0.15) is 0 Å². The summed E-state index contributed by atoms with van der Waals surface area (Å²) in [6, 6.07) is 18.1. The molecule has 31 heavy (non-hydrogen) atoms. The van der Waals surface area contributed by atoms with Crippen LogP contribution in [0, 0.1) is 13.8 Å². The first-order chi connectivity index (χ1) is 14.4. The fourth-order valence-corrected chi connectivity index (χ4v) is 12.8. The maximum Gasteiger partial charge on any atom is 0.00970 e. The number of rotatable bonds is 5. The Kier molecular flexibility index (Phi) is 7.35. The lowest BCUT2D eigenvalue weighted by atomic mass is 10.2. The van der Waals surface area contributed by atoms with Crippen molar-refractivity contribution in [2.24, 2.45) is 0 Å². The zero-order valence-corrected chi connectivity index (χ0v) is 22.7. The highest BCUT2D eigenvalue weighted by Gasteiger charge is 2.40. The van der Waals surface area contributed by atoms with E-state index in [-0.39, 0.29) is 7.92 Å². The maximum atomic E-state index is 2.49. The van der Waals surface area contributed by atoms with E-state index in [1.165, 1.54) is 21.7 Å². The molecule has 2 aromatic carbocycles. The maximum absolute atomic E-state index is 2.49. The van der Waals surface area contributed by atoms with Crippen LogP contribution in [0.3, 0.4) is 0 Å². The van der Waals surface area contributed by atoms with Crippen molar-refractivity contribution in [1.82, 2.24) is 0 Å². The highest BCUT2D eigenvalue weighted by molar-refractivity contribution is 7.74. The van der Waals surface area contributed by atoms with Gasteiger partial charge in [-0.1, -0.05) is 117 Å². The minimum Gasteiger partial charge on any atom is -0.0798 e. The van der Waals surface area contributed by atoms with Crippen molar-refractivity contribution in [2.45, 2.75) is 84.7 Å². The minimum atomic E-state index is -0.487. The van der Waals surface area contributed by atoms with Gasteiger partial charge in [-0.3, -0.25) is 0 Å². The third-order valence-corrected chi connectivity index (χ3v) is 12.9. The number of aryl methyl sites for hydroxylation is 2. The van der Waals surface area contributed by atoms with Gasteiger partial charge in [0, 0.05) is 5.66 Å². The lowest BCUT2D eigenvalue weighted by Crippen LogP contribution is -2.28. The fourth-order valence-electron chi connectivity index (χ4n) is 5.28. The summed E-state index contributed by atoms with van der Waals surface area (Å²) < 4.78 is 0. The van der Waals surface area contributed by atoms with E-state index in [1.807, 2.05) is 0 Å². The van der Waals surface area contributed by atoms with Crippen LogP contribution in [0.5, 0.6) is 0 Å². The van der Waals surface area contributed by atoms with Crippen LogP contribution in [-0.4, -0.2) is 16.0 Å². The lowest BCUT2D eigenvalue weighted by Gasteiger charge is -2.44. The molecule has 1 aliphatic carbocycles. The van der Waals surface area contributed by atoms with Gasteiger partial charge in [0.25, 0.3) is 0 Å². The predicted molar refractivity (Wildman–Crippen MR) is 145 cm³/mol. The smallest absolute Gasteiger partial charge is 0.00970 e. The summed E-state index contributed by atoms with van der Waals surface area (Å²) in [4.78, 5) is 0. The van der Waals surface area contributed by atoms with Gasteiger partial charge >= 0.3 is 0 Å². The Morgan fingerprint density at radius 2 is 1.19 bits per heavy atom. The van der Waals surface area contributed by atoms with E-state index in [2.05, 4.69) is 123 Å². The SMILES string of the molecule is Cc1ccccc1P(c1ccccc1C)[C@@H](C)C1=C(P(C(C)(C)C)C(C)(C)C)CC=C1. The van der Waals surface area contributed by atoms with Crippen LogP contribution < -0.4 is 10.6 Å². The molecule has 1 aliphatic rings. The van der Waals surface area contributed by atoms with Crippen LogP contribution in [0.1, 0.15) is 66.0 Å². The molecule has 0 unspecified atom stereocenters. The van der Waals surface area contributed by atoms with E-state index in [4.69, 9.17) is 0 Å². The van der Waals surface area contributed by atoms with Crippen molar-refractivity contribution in [1.29, 1.82) is 0 Å². The van der Waals surface area contributed by atoms with Gasteiger partial charge in [-0.25, -0.2) is 0 Å². The molecule has 0 radical (unpaired) electrons. The zero-order chi connectivity index (χ0) is 23.0. The molecule has 0 amide bonds. The first-order valence-electron chi connectivity index (χ1n) is 11.5. The van der Waals surface area contributed by atoms with Crippen molar-refractivity contribution >= 4 is 26.5 Å². The van der Waals surface area contributed by atoms with Crippen molar-refractivity contribution in [3.8, 4) is 0 Å². The van der Waals surface area contributed by atoms with Gasteiger partial charge in [0.05, 0.1) is 0 Å². The number of benzene rings is 2. The van der Waals surface area contributed by atoms with Gasteiger partial charge in [-0.15, -0.1) is 0 Å². The van der Waals surface area contributed by atoms with Gasteiger partial charge in [0.2, 0.25) is 0 Å². The normalized spacial score (nSPS) is 16.0. The topological polar surface area (TPSA) is 0 Å². The molecule has 0 bridgehead atoms. The highest BCUT2D eigenvalue weighted by Crippen LogP contribution is 2.68. The van der Waals surface area contributed by atoms with E-state index < -0.39 is 7.92 Å². The Morgan fingerprint density at radius 3 is 1.61 bits per heavy atom. The first kappa shape index (κ1) is 24.4. The summed E-state index contributed by atoms with van der Waals surface area (Å²) in [5.74, 6) is 0. The van der Waals surface area contributed by atoms with Crippen LogP contribution in [-0.2, 0) is 0 Å². The summed E-state index contributed by atoms with van der Waals surface area (Å²) >= 11 is 0. The second-order valence-electron chi connectivity index (χ2n) is 10.8. The molecule has 0 saturated carbocycles. The predicted octanol–water partition coefficient (Wildman–Crippen LogP) is 8.42. The van der Waals surface area contributed by atoms with Crippen LogP contribution in [0.25, 0.3) is 0 Å². The Bertz CT molecular complexity index is 923. The lowest BCUT2D eigenvalue weighted by molar-refractivity contribution is 0.709. The van der Waals surface area contributed by atoms with E-state index in [0.29, 0.717) is 16.0 Å². The van der Waals surface area contributed by atoms with Crippen molar-refractivity contribution in [2.75, 3.05) is 0 Å². The molecule has 0 aromatic heterocycles. The molecule has 0 heterocycles. The summed E-state index contributed by atoms with van der Waals surface area (Å²) in [6.07, 6.45) is 6.03. The Hall–Kier alpha value is -1.22. The molecule has 0 N–H and O–H groups in total. The largest absolute Gasteiger partial charge is 0.0798 e. The molecule has 2 aromatic rings. The number of hydrogen-bond acceptors (Lipinski definition) is 0. The quantitative estimate of drug-likeness (QED) is 0.401. The van der Waals surface area contributed by atoms with Gasteiger partial charge < -0.3 is 0 Å². The average molecular weight is 451 g/mol. The monoisotopic (exact) mass is 450 g/mol. The number of allylic oxidation sites excluding steroid dienone is 4. The Labute approximate surface area is 193 Å². The van der Waals surface area contributed by atoms with Gasteiger partial charge in [0.15, 0.2) is 0 Å². The third kappa shape index (κ3) is 5.24. The Morgan fingerprint density at radius 1 is 0.742 bits per heavy atom. The van der Waals surface area contributed by atoms with Gasteiger partial charge in [-0.2, -0.15) is 0 Å². The van der Waals surface area contributed by atoms with Crippen LogP contribution >= 0.6 is 15.8 Å². The molecule has 3 rings (SSSR count). The van der Waals surface area contributed by atoms with Crippen molar-refractivity contribution in [3.63, 3.8) is 0 Å². The first-order valence-corrected chi connectivity index (χ1v) is 14.3. The third-order valence-electron chi connectivity index (χ3n) is 6.14. The van der Waals surface area contributed by atoms with Crippen molar-refractivity contribution in [3.05, 3.63) is 82.7 Å². The standard InChI is InChI=1S/C29H40P2/c1-21-15-10-12-18-25(21)30(26-19-13-11-16-22(26)2)23(3)24-17-14-20-27(24)31(28(4,5)6)29(7,8)9/h10-19,23H,20H2,1-9H3/t23-/m0/s1. The van der Waals surface area contributed by atoms with E-state index in [9.17, 15) is 0 Å². The molecule has 0 spiro atoms. The summed E-state index contributed by atoms with van der Waals surface area (Å²) in [5.41, 5.74) is 4.96. The highest BCUT2D eigenvalue weighted by atomic mass is 31.1. The molecule has 0 nitrogen and oxygen atoms in total. The molecule has 1 atom stereocenters. The fraction of sp³-hybridized carbons (Fsp3) is 0.448. The van der Waals surface area contributed by atoms with Crippen LogP contribution in [0.4, 0.5) is 0 Å². The number of hydrogen-bond donors (Lipinski definition) is 0. The second kappa shape index (κ2) is 9.33. The van der Waals surface area contributed by atoms with E-state index in [1.54, 1.807) is 10.9 Å². The minimum absolute atomic E-state index is 0.266. The van der Waals surface area contributed by atoms with Gasteiger partial charge in [-0.05, 0) is 71.1 Å². The summed E-state index contributed by atoms with van der Waals surface area (Å²) in [7, 11) is -0.753. The molecular weight excluding hydrogens is 410 g/mol. The Balaban J connectivity index is 2.20. The molecule has 2 heteroatoms. The van der Waals surface area contributed by atoms with E-state index >= 15 is 0 Å². The van der Waals surface area contributed by atoms with Crippen LogP contribution in [0.15, 0.2) is 71.6 Å². The van der Waals surface area contributed by atoms with Crippen molar-refractivity contribution < 1.29 is 0 Å². The van der Waals surface area contributed by atoms with Crippen LogP contribution in [0.2, 0.25) is 0 Å². The molecule has 0 aliphatic heterocycles. The summed E-state index contributed by atoms with van der Waals surface area (Å²) in [5, 5.41) is 5.39. The molecule has 0 saturated heterocycles. The average Bonchev–Trinajstić information content (AvgIpc) is 3.11. The second-order valence-corrected chi connectivity index (χ2v) is 17.2. The summed E-state index contributed by atoms with van der Waals surface area (Å²) in [6.45, 7) is 21.7. The van der Waals surface area contributed by atoms with E-state index in [0.717, 1.165) is 6.42 Å². The molecular formula is C29H40P2.